The number of hydrogen-bond acceptors (Lipinski definition) is 6. The van der Waals surface area contributed by atoms with Crippen LogP contribution in [0.4, 0.5) is 0 Å². The van der Waals surface area contributed by atoms with Crippen LogP contribution in [0.1, 0.15) is 22.3 Å². The lowest BCUT2D eigenvalue weighted by Gasteiger charge is -2.20. The van der Waals surface area contributed by atoms with Crippen LogP contribution in [0.3, 0.4) is 0 Å². The number of hydrazone groups is 1. The van der Waals surface area contributed by atoms with Crippen LogP contribution in [0.25, 0.3) is 17.0 Å². The standard InChI is InChI=1S/C29H24N6O2S/c1-18-9-10-22(14-19(18)2)37-13-12-34-17-21(23-7-3-4-8-25(23)34)15-24-26(30)35-29(32-27(24)36)38-28(33-35)20-6-5-11-31-16-20/h3-11,14-17,30H,12-13H2,1-2H3/b24-15+,30-26?. The predicted octanol–water partition coefficient (Wildman–Crippen LogP) is 5.40. The molecule has 6 rings (SSSR count). The molecule has 8 nitrogen and oxygen atoms in total. The predicted molar refractivity (Wildman–Crippen MR) is 152 cm³/mol. The zero-order valence-corrected chi connectivity index (χ0v) is 21.7. The summed E-state index contributed by atoms with van der Waals surface area (Å²) in [6.07, 6.45) is 7.11. The fourth-order valence-corrected chi connectivity index (χ4v) is 5.28. The molecule has 0 fully saturated rings. The van der Waals surface area contributed by atoms with Crippen molar-refractivity contribution in [3.63, 3.8) is 0 Å². The molecule has 0 saturated heterocycles. The van der Waals surface area contributed by atoms with E-state index in [1.807, 2.05) is 54.7 Å². The van der Waals surface area contributed by atoms with Gasteiger partial charge in [-0.05, 0) is 73.1 Å². The number of amides is 1. The van der Waals surface area contributed by atoms with Crippen molar-refractivity contribution in [2.75, 3.05) is 6.61 Å². The normalized spacial score (nSPS) is 16.2. The lowest BCUT2D eigenvalue weighted by Crippen LogP contribution is -2.35. The molecule has 38 heavy (non-hydrogen) atoms. The molecular weight excluding hydrogens is 496 g/mol. The molecule has 4 heterocycles. The highest BCUT2D eigenvalue weighted by Crippen LogP contribution is 2.32. The Labute approximate surface area is 223 Å². The number of ether oxygens (including phenoxy) is 1. The summed E-state index contributed by atoms with van der Waals surface area (Å²) >= 11 is 1.26. The molecule has 0 atom stereocenters. The van der Waals surface area contributed by atoms with Gasteiger partial charge in [-0.25, -0.2) is 0 Å². The topological polar surface area (TPSA) is 95.9 Å². The summed E-state index contributed by atoms with van der Waals surface area (Å²) < 4.78 is 8.12. The highest BCUT2D eigenvalue weighted by molar-refractivity contribution is 8.27. The van der Waals surface area contributed by atoms with Crippen LogP contribution in [0.5, 0.6) is 5.75 Å². The second kappa shape index (κ2) is 9.75. The molecule has 1 amide bonds. The molecule has 0 unspecified atom stereocenters. The molecule has 0 bridgehead atoms. The van der Waals surface area contributed by atoms with E-state index < -0.39 is 5.91 Å². The van der Waals surface area contributed by atoms with E-state index in [0.29, 0.717) is 23.4 Å². The highest BCUT2D eigenvalue weighted by Gasteiger charge is 2.36. The van der Waals surface area contributed by atoms with Crippen molar-refractivity contribution in [3.05, 3.63) is 101 Å². The number of aliphatic imine (C=N–C) groups is 1. The second-order valence-electron chi connectivity index (χ2n) is 9.06. The number of para-hydroxylation sites is 1. The lowest BCUT2D eigenvalue weighted by molar-refractivity contribution is -0.114. The summed E-state index contributed by atoms with van der Waals surface area (Å²) in [4.78, 5) is 21.4. The molecule has 0 radical (unpaired) electrons. The molecule has 9 heteroatoms. The van der Waals surface area contributed by atoms with Crippen LogP contribution in [0, 0.1) is 19.3 Å². The van der Waals surface area contributed by atoms with Gasteiger partial charge in [-0.15, -0.1) is 0 Å². The van der Waals surface area contributed by atoms with Gasteiger partial charge in [0.2, 0.25) is 5.17 Å². The Morgan fingerprint density at radius 3 is 2.76 bits per heavy atom. The van der Waals surface area contributed by atoms with E-state index in [0.717, 1.165) is 27.8 Å². The molecular formula is C29H24N6O2S. The third kappa shape index (κ3) is 4.41. The second-order valence-corrected chi connectivity index (χ2v) is 10.0. The zero-order chi connectivity index (χ0) is 26.2. The molecule has 0 aliphatic carbocycles. The number of nitrogens with one attached hydrogen (secondary N) is 1. The van der Waals surface area contributed by atoms with Gasteiger partial charge in [-0.1, -0.05) is 24.3 Å². The fourth-order valence-electron chi connectivity index (χ4n) is 4.39. The molecule has 4 aromatic rings. The number of hydrogen-bond donors (Lipinski definition) is 1. The van der Waals surface area contributed by atoms with Crippen LogP contribution in [-0.4, -0.2) is 43.1 Å². The van der Waals surface area contributed by atoms with Gasteiger partial charge in [0.15, 0.2) is 5.84 Å². The first-order valence-electron chi connectivity index (χ1n) is 12.2. The van der Waals surface area contributed by atoms with Crippen LogP contribution >= 0.6 is 11.8 Å². The van der Waals surface area contributed by atoms with Crippen molar-refractivity contribution in [1.29, 1.82) is 5.41 Å². The number of rotatable bonds is 6. The number of benzene rings is 2. The van der Waals surface area contributed by atoms with Crippen molar-refractivity contribution < 1.29 is 9.53 Å². The average molecular weight is 521 g/mol. The summed E-state index contributed by atoms with van der Waals surface area (Å²) in [5.41, 5.74) is 5.29. The van der Waals surface area contributed by atoms with Crippen LogP contribution in [0.15, 0.2) is 88.9 Å². The molecule has 188 valence electrons. The van der Waals surface area contributed by atoms with Gasteiger partial charge < -0.3 is 9.30 Å². The largest absolute Gasteiger partial charge is 0.492 e. The van der Waals surface area contributed by atoms with E-state index in [-0.39, 0.29) is 11.4 Å². The minimum absolute atomic E-state index is 0.00120. The van der Waals surface area contributed by atoms with Gasteiger partial charge in [-0.3, -0.25) is 15.2 Å². The molecule has 2 aromatic heterocycles. The molecule has 1 N–H and O–H groups in total. The number of aryl methyl sites for hydroxylation is 2. The Kier molecular flexibility index (Phi) is 6.13. The number of aromatic nitrogens is 2. The number of carbonyl (C=O) groups excluding carboxylic acids is 1. The third-order valence-corrected chi connectivity index (χ3v) is 7.52. The van der Waals surface area contributed by atoms with Crippen molar-refractivity contribution in [3.8, 4) is 5.75 Å². The smallest absolute Gasteiger partial charge is 0.283 e. The Morgan fingerprint density at radius 2 is 1.95 bits per heavy atom. The zero-order valence-electron chi connectivity index (χ0n) is 20.9. The van der Waals surface area contributed by atoms with Crippen LogP contribution in [-0.2, 0) is 11.3 Å². The lowest BCUT2D eigenvalue weighted by atomic mass is 10.1. The Hall–Kier alpha value is -4.50. The highest BCUT2D eigenvalue weighted by atomic mass is 32.2. The first kappa shape index (κ1) is 23.9. The number of amidine groups is 2. The quantitative estimate of drug-likeness (QED) is 0.344. The van der Waals surface area contributed by atoms with Crippen molar-refractivity contribution in [1.82, 2.24) is 14.6 Å². The average Bonchev–Trinajstić information content (AvgIpc) is 3.51. The first-order chi connectivity index (χ1) is 18.5. The van der Waals surface area contributed by atoms with Gasteiger partial charge >= 0.3 is 0 Å². The number of thioether (sulfide) groups is 1. The van der Waals surface area contributed by atoms with E-state index in [9.17, 15) is 4.79 Å². The summed E-state index contributed by atoms with van der Waals surface area (Å²) in [6.45, 7) is 5.28. The molecule has 2 aromatic carbocycles. The number of pyridine rings is 1. The van der Waals surface area contributed by atoms with E-state index in [1.54, 1.807) is 18.5 Å². The van der Waals surface area contributed by atoms with Crippen molar-refractivity contribution in [2.45, 2.75) is 20.4 Å². The number of carbonyl (C=O) groups is 1. The fraction of sp³-hybridized carbons (Fsp3) is 0.138. The van der Waals surface area contributed by atoms with Crippen LogP contribution < -0.4 is 4.74 Å². The molecule has 2 aliphatic rings. The number of fused-ring (bicyclic) bond motifs is 2. The minimum Gasteiger partial charge on any atom is -0.492 e. The monoisotopic (exact) mass is 520 g/mol. The summed E-state index contributed by atoms with van der Waals surface area (Å²) in [7, 11) is 0. The Bertz CT molecular complexity index is 1690. The van der Waals surface area contributed by atoms with Gasteiger partial charge in [0.05, 0.1) is 12.1 Å². The Balaban J connectivity index is 1.27. The molecule has 0 spiro atoms. The first-order valence-corrected chi connectivity index (χ1v) is 13.0. The summed E-state index contributed by atoms with van der Waals surface area (Å²) in [5, 5.41) is 16.7. The maximum atomic E-state index is 13.0. The van der Waals surface area contributed by atoms with E-state index >= 15 is 0 Å². The SMILES string of the molecule is Cc1ccc(OCCn2cc(/C=C3\C(=N)N4N=C(c5cccnc5)SC4=NC3=O)c3ccccc32)cc1C. The van der Waals surface area contributed by atoms with Gasteiger partial charge in [0.25, 0.3) is 5.91 Å². The van der Waals surface area contributed by atoms with E-state index in [1.165, 1.54) is 27.9 Å². The van der Waals surface area contributed by atoms with Gasteiger partial charge in [-0.2, -0.15) is 15.1 Å². The van der Waals surface area contributed by atoms with Gasteiger partial charge in [0.1, 0.15) is 17.4 Å². The maximum absolute atomic E-state index is 13.0. The van der Waals surface area contributed by atoms with Crippen LogP contribution in [0.2, 0.25) is 0 Å². The minimum atomic E-state index is -0.453. The maximum Gasteiger partial charge on any atom is 0.283 e. The molecule has 2 aliphatic heterocycles. The van der Waals surface area contributed by atoms with E-state index in [4.69, 9.17) is 10.1 Å². The van der Waals surface area contributed by atoms with Crippen molar-refractivity contribution >= 4 is 50.7 Å². The number of nitrogens with zero attached hydrogens (tertiary/aromatic N) is 5. The molecule has 0 saturated carbocycles. The van der Waals surface area contributed by atoms with E-state index in [2.05, 4.69) is 39.6 Å². The Morgan fingerprint density at radius 1 is 1.08 bits per heavy atom. The summed E-state index contributed by atoms with van der Waals surface area (Å²) in [6, 6.07) is 17.8. The summed E-state index contributed by atoms with van der Waals surface area (Å²) in [5.74, 6) is 0.393. The van der Waals surface area contributed by atoms with Gasteiger partial charge in [0, 0.05) is 40.6 Å². The van der Waals surface area contributed by atoms with Crippen molar-refractivity contribution in [2.24, 2.45) is 10.1 Å². The third-order valence-electron chi connectivity index (χ3n) is 6.56.